The molecule has 1 aliphatic carbocycles. The minimum absolute atomic E-state index is 0.0130. The van der Waals surface area contributed by atoms with Gasteiger partial charge in [0, 0.05) is 55.7 Å². The minimum Gasteiger partial charge on any atom is -0.377 e. The van der Waals surface area contributed by atoms with Crippen LogP contribution in [0.1, 0.15) is 58.3 Å². The van der Waals surface area contributed by atoms with Crippen molar-refractivity contribution in [2.24, 2.45) is 11.8 Å². The number of halogens is 3. The number of piperidine rings is 1. The van der Waals surface area contributed by atoms with Crippen molar-refractivity contribution < 1.29 is 22.7 Å². The molecule has 3 aliphatic heterocycles. The Balaban J connectivity index is 1.30. The van der Waals surface area contributed by atoms with Crippen molar-refractivity contribution in [3.63, 3.8) is 0 Å². The molecule has 3 heterocycles. The maximum atomic E-state index is 14.3. The summed E-state index contributed by atoms with van der Waals surface area (Å²) in [6.07, 6.45) is -1.09. The number of ether oxygens (including phenoxy) is 1. The number of anilines is 1. The first kappa shape index (κ1) is 28.4. The molecule has 8 nitrogen and oxygen atoms in total. The topological polar surface area (TPSA) is 108 Å². The predicted molar refractivity (Wildman–Crippen MR) is 150 cm³/mol. The van der Waals surface area contributed by atoms with E-state index in [0.29, 0.717) is 56.1 Å². The van der Waals surface area contributed by atoms with Crippen molar-refractivity contribution in [3.8, 4) is 6.07 Å². The first-order valence-corrected chi connectivity index (χ1v) is 14.2. The van der Waals surface area contributed by atoms with Gasteiger partial charge in [-0.05, 0) is 66.1 Å². The van der Waals surface area contributed by atoms with Gasteiger partial charge in [0.2, 0.25) is 0 Å². The highest BCUT2D eigenvalue weighted by atomic mass is 19.4. The Kier molecular flexibility index (Phi) is 7.10. The highest BCUT2D eigenvalue weighted by molar-refractivity contribution is 6.10. The summed E-state index contributed by atoms with van der Waals surface area (Å²) in [4.78, 5) is 18.6. The number of amidine groups is 1. The van der Waals surface area contributed by atoms with Gasteiger partial charge in [0.05, 0.1) is 37.2 Å². The summed E-state index contributed by atoms with van der Waals surface area (Å²) in [5.74, 6) is -0.0161. The Hall–Kier alpha value is -3.75. The van der Waals surface area contributed by atoms with E-state index >= 15 is 0 Å². The molecule has 0 radical (unpaired) electrons. The van der Waals surface area contributed by atoms with E-state index in [0.717, 1.165) is 24.9 Å². The van der Waals surface area contributed by atoms with E-state index in [1.807, 2.05) is 12.1 Å². The summed E-state index contributed by atoms with van der Waals surface area (Å²) in [6, 6.07) is 12.3. The molecule has 2 aromatic carbocycles. The van der Waals surface area contributed by atoms with Gasteiger partial charge in [-0.2, -0.15) is 18.4 Å². The fourth-order valence-electron chi connectivity index (χ4n) is 7.15. The number of likely N-dealkylation sites (tertiary alicyclic amines) is 1. The molecule has 0 spiro atoms. The molecule has 42 heavy (non-hydrogen) atoms. The van der Waals surface area contributed by atoms with Crippen molar-refractivity contribution in [1.82, 2.24) is 9.80 Å². The van der Waals surface area contributed by atoms with Crippen LogP contribution in [0, 0.1) is 34.0 Å². The normalized spacial score (nSPS) is 26.9. The van der Waals surface area contributed by atoms with Gasteiger partial charge < -0.3 is 14.5 Å². The van der Waals surface area contributed by atoms with Crippen LogP contribution < -0.4 is 4.90 Å². The SMILES string of the molecule is CN(C=N)C(=N)C[C@]1(c2cccc(N3Cc4c(cc(CN5CC6COC(C6)C5)cc4C(F)(F)F)C3=O)c2)C[C@H](C#N)C1. The van der Waals surface area contributed by atoms with Crippen LogP contribution in [0.4, 0.5) is 18.9 Å². The van der Waals surface area contributed by atoms with Crippen LogP contribution in [0.15, 0.2) is 36.4 Å². The third-order valence-corrected chi connectivity index (χ3v) is 9.31. The average Bonchev–Trinajstić information content (AvgIpc) is 3.46. The van der Waals surface area contributed by atoms with E-state index in [4.69, 9.17) is 15.6 Å². The first-order valence-electron chi connectivity index (χ1n) is 14.2. The number of carbonyl (C=O) groups excluding carboxylic acids is 1. The quantitative estimate of drug-likeness (QED) is 0.349. The summed E-state index contributed by atoms with van der Waals surface area (Å²) in [5, 5.41) is 25.4. The number of nitrogens with zero attached hydrogens (tertiary/aromatic N) is 4. The van der Waals surface area contributed by atoms with Gasteiger partial charge in [-0.3, -0.25) is 20.5 Å². The fourth-order valence-corrected chi connectivity index (χ4v) is 7.15. The number of amides is 1. The smallest absolute Gasteiger partial charge is 0.377 e. The van der Waals surface area contributed by atoms with Gasteiger partial charge in [-0.25, -0.2) is 0 Å². The van der Waals surface area contributed by atoms with Gasteiger partial charge in [0.1, 0.15) is 5.84 Å². The van der Waals surface area contributed by atoms with Gasteiger partial charge in [-0.15, -0.1) is 0 Å². The van der Waals surface area contributed by atoms with E-state index in [2.05, 4.69) is 11.0 Å². The summed E-state index contributed by atoms with van der Waals surface area (Å²) in [5.41, 5.74) is 0.559. The van der Waals surface area contributed by atoms with Crippen LogP contribution >= 0.6 is 0 Å². The standard InChI is InChI=1S/C31H33F3N6O2/c1-38(18-36)28(37)11-30(9-21(10-30)12-35)22-3-2-4-23(8-22)40-16-26-25(29(40)41)6-19(7-27(26)31(32,33)34)13-39-14-20-5-24(15-39)42-17-20/h2-4,6-8,18,20-21,24,36-37H,5,9-11,13-17H2,1H3/t20?,21-,24?,30-. The number of carbonyl (C=O) groups is 1. The van der Waals surface area contributed by atoms with Crippen LogP contribution in [0.2, 0.25) is 0 Å². The highest BCUT2D eigenvalue weighted by Gasteiger charge is 2.47. The molecule has 2 bridgehead atoms. The first-order chi connectivity index (χ1) is 20.0. The van der Waals surface area contributed by atoms with Crippen LogP contribution in [0.25, 0.3) is 0 Å². The number of nitrogens with one attached hydrogen (secondary N) is 2. The van der Waals surface area contributed by atoms with E-state index in [1.165, 1.54) is 15.9 Å². The Labute approximate surface area is 242 Å². The lowest BCUT2D eigenvalue weighted by Crippen LogP contribution is -2.44. The molecule has 0 aromatic heterocycles. The number of fused-ring (bicyclic) bond motifs is 3. The summed E-state index contributed by atoms with van der Waals surface area (Å²) in [7, 11) is 1.62. The van der Waals surface area contributed by atoms with Crippen molar-refractivity contribution in [3.05, 3.63) is 64.2 Å². The second-order valence-electron chi connectivity index (χ2n) is 12.2. The molecule has 2 unspecified atom stereocenters. The number of benzene rings is 2. The van der Waals surface area contributed by atoms with E-state index in [-0.39, 0.29) is 35.5 Å². The van der Waals surface area contributed by atoms with Crippen molar-refractivity contribution >= 4 is 23.8 Å². The molecule has 3 fully saturated rings. The molecular formula is C31H33F3N6O2. The number of nitriles is 1. The monoisotopic (exact) mass is 578 g/mol. The number of hydrogen-bond acceptors (Lipinski definition) is 6. The highest BCUT2D eigenvalue weighted by Crippen LogP contribution is 2.51. The van der Waals surface area contributed by atoms with Crippen molar-refractivity contribution in [1.29, 1.82) is 16.1 Å². The summed E-state index contributed by atoms with van der Waals surface area (Å²) >= 11 is 0. The van der Waals surface area contributed by atoms with Crippen LogP contribution in [-0.2, 0) is 29.4 Å². The number of hydrogen-bond donors (Lipinski definition) is 2. The lowest BCUT2D eigenvalue weighted by molar-refractivity contribution is -0.138. The Morgan fingerprint density at radius 2 is 2.05 bits per heavy atom. The van der Waals surface area contributed by atoms with E-state index < -0.39 is 23.1 Å². The lowest BCUT2D eigenvalue weighted by atomic mass is 9.57. The second-order valence-corrected chi connectivity index (χ2v) is 12.2. The number of rotatable bonds is 7. The molecule has 1 saturated carbocycles. The minimum atomic E-state index is -4.61. The molecule has 4 aliphatic rings. The second kappa shape index (κ2) is 10.5. The van der Waals surface area contributed by atoms with Gasteiger partial charge in [0.15, 0.2) is 0 Å². The zero-order valence-corrected chi connectivity index (χ0v) is 23.4. The third-order valence-electron chi connectivity index (χ3n) is 9.31. The Morgan fingerprint density at radius 1 is 1.26 bits per heavy atom. The Morgan fingerprint density at radius 3 is 2.74 bits per heavy atom. The molecule has 11 heteroatoms. The zero-order chi connectivity index (χ0) is 29.8. The van der Waals surface area contributed by atoms with Crippen molar-refractivity contribution in [2.45, 2.75) is 56.5 Å². The predicted octanol–water partition coefficient (Wildman–Crippen LogP) is 5.16. The van der Waals surface area contributed by atoms with E-state index in [1.54, 1.807) is 25.2 Å². The largest absolute Gasteiger partial charge is 0.416 e. The molecule has 220 valence electrons. The van der Waals surface area contributed by atoms with Gasteiger partial charge in [-0.1, -0.05) is 12.1 Å². The van der Waals surface area contributed by atoms with Crippen LogP contribution in [0.5, 0.6) is 0 Å². The van der Waals surface area contributed by atoms with Gasteiger partial charge >= 0.3 is 6.18 Å². The zero-order valence-electron chi connectivity index (χ0n) is 23.4. The molecule has 1 amide bonds. The van der Waals surface area contributed by atoms with Crippen LogP contribution in [-0.4, -0.2) is 60.7 Å². The fraction of sp³-hybridized carbons (Fsp3) is 0.484. The lowest BCUT2D eigenvalue weighted by Gasteiger charge is -2.46. The molecule has 2 N–H and O–H groups in total. The molecule has 2 atom stereocenters. The molecule has 6 rings (SSSR count). The van der Waals surface area contributed by atoms with Crippen molar-refractivity contribution in [2.75, 3.05) is 31.6 Å². The maximum Gasteiger partial charge on any atom is 0.416 e. The van der Waals surface area contributed by atoms with Crippen LogP contribution in [0.3, 0.4) is 0 Å². The third kappa shape index (κ3) is 5.07. The van der Waals surface area contributed by atoms with Gasteiger partial charge in [0.25, 0.3) is 5.91 Å². The average molecular weight is 579 g/mol. The molecule has 2 aromatic rings. The summed E-state index contributed by atoms with van der Waals surface area (Å²) < 4.78 is 48.7. The molecule has 2 saturated heterocycles. The van der Waals surface area contributed by atoms with E-state index in [9.17, 15) is 23.2 Å². The Bertz CT molecular complexity index is 1470. The maximum absolute atomic E-state index is 14.3. The molecular weight excluding hydrogens is 545 g/mol. The summed E-state index contributed by atoms with van der Waals surface area (Å²) in [6.45, 7) is 2.26. The number of alkyl halides is 3.